The van der Waals surface area contributed by atoms with Crippen molar-refractivity contribution in [1.29, 1.82) is 0 Å². The van der Waals surface area contributed by atoms with Crippen LogP contribution in [0.1, 0.15) is 12.8 Å². The Labute approximate surface area is 121 Å². The molecular formula is C12H26N2O5S. The lowest BCUT2D eigenvalue weighted by Gasteiger charge is -2.30. The van der Waals surface area contributed by atoms with Gasteiger partial charge in [-0.15, -0.1) is 0 Å². The first kappa shape index (κ1) is 21.3. The maximum Gasteiger partial charge on any atom is 0.265 e. The minimum atomic E-state index is -3.87. The Morgan fingerprint density at radius 1 is 1.30 bits per heavy atom. The number of quaternary nitrogens is 1. The molecule has 0 aromatic heterocycles. The van der Waals surface area contributed by atoms with Crippen LogP contribution in [-0.2, 0) is 14.9 Å². The van der Waals surface area contributed by atoms with Gasteiger partial charge >= 0.3 is 0 Å². The summed E-state index contributed by atoms with van der Waals surface area (Å²) in [5, 5.41) is 0. The SMILES string of the molecule is C=CC(=O)N(C)CCC[N+](C)(C)CCCS(=O)(=O)O.[OH-]. The van der Waals surface area contributed by atoms with Gasteiger partial charge in [0, 0.05) is 26.4 Å². The molecule has 0 rings (SSSR count). The monoisotopic (exact) mass is 310 g/mol. The molecule has 20 heavy (non-hydrogen) atoms. The number of carbonyl (C=O) groups is 1. The smallest absolute Gasteiger partial charge is 0.265 e. The fourth-order valence-electron chi connectivity index (χ4n) is 1.79. The maximum absolute atomic E-state index is 11.3. The predicted octanol–water partition coefficient (Wildman–Crippen LogP) is 0.198. The average Bonchev–Trinajstić information content (AvgIpc) is 2.25. The van der Waals surface area contributed by atoms with Gasteiger partial charge in [-0.2, -0.15) is 8.42 Å². The average molecular weight is 310 g/mol. The molecule has 0 aromatic rings. The highest BCUT2D eigenvalue weighted by atomic mass is 32.2. The van der Waals surface area contributed by atoms with Crippen LogP contribution in [0.25, 0.3) is 0 Å². The van der Waals surface area contributed by atoms with Crippen LogP contribution >= 0.6 is 0 Å². The number of rotatable bonds is 9. The fraction of sp³-hybridized carbons (Fsp3) is 0.750. The van der Waals surface area contributed by atoms with Gasteiger partial charge in [0.2, 0.25) is 5.91 Å². The number of nitrogens with zero attached hydrogens (tertiary/aromatic N) is 2. The molecule has 120 valence electrons. The van der Waals surface area contributed by atoms with E-state index in [1.165, 1.54) is 6.08 Å². The Hall–Kier alpha value is -0.960. The number of hydrogen-bond acceptors (Lipinski definition) is 4. The highest BCUT2D eigenvalue weighted by Gasteiger charge is 2.17. The van der Waals surface area contributed by atoms with Gasteiger partial charge in [0.1, 0.15) is 0 Å². The van der Waals surface area contributed by atoms with E-state index in [1.54, 1.807) is 11.9 Å². The first-order valence-corrected chi connectivity index (χ1v) is 7.83. The molecule has 1 amide bonds. The normalized spacial score (nSPS) is 11.6. The summed E-state index contributed by atoms with van der Waals surface area (Å²) in [6.07, 6.45) is 2.54. The molecule has 2 N–H and O–H groups in total. The minimum Gasteiger partial charge on any atom is -0.870 e. The van der Waals surface area contributed by atoms with Crippen LogP contribution in [-0.4, -0.2) is 80.3 Å². The molecule has 0 aliphatic carbocycles. The second kappa shape index (κ2) is 9.06. The second-order valence-corrected chi connectivity index (χ2v) is 6.91. The van der Waals surface area contributed by atoms with Crippen LogP contribution in [0.15, 0.2) is 12.7 Å². The molecule has 0 radical (unpaired) electrons. The molecule has 0 aliphatic rings. The first-order chi connectivity index (χ1) is 8.57. The van der Waals surface area contributed by atoms with Crippen LogP contribution in [0.5, 0.6) is 0 Å². The third-order valence-electron chi connectivity index (χ3n) is 2.97. The summed E-state index contributed by atoms with van der Waals surface area (Å²) >= 11 is 0. The van der Waals surface area contributed by atoms with Crippen molar-refractivity contribution in [2.45, 2.75) is 12.8 Å². The third kappa shape index (κ3) is 10.9. The van der Waals surface area contributed by atoms with E-state index in [0.29, 0.717) is 24.0 Å². The van der Waals surface area contributed by atoms with Gasteiger partial charge in [-0.1, -0.05) is 6.58 Å². The zero-order valence-corrected chi connectivity index (χ0v) is 13.3. The van der Waals surface area contributed by atoms with Crippen LogP contribution in [0.4, 0.5) is 0 Å². The molecule has 0 unspecified atom stereocenters. The van der Waals surface area contributed by atoms with E-state index < -0.39 is 10.1 Å². The largest absolute Gasteiger partial charge is 0.870 e. The summed E-state index contributed by atoms with van der Waals surface area (Å²) in [4.78, 5) is 12.9. The van der Waals surface area contributed by atoms with Crippen LogP contribution in [0.2, 0.25) is 0 Å². The summed E-state index contributed by atoms with van der Waals surface area (Å²) in [6.45, 7) is 5.57. The van der Waals surface area contributed by atoms with Gasteiger partial charge in [-0.3, -0.25) is 9.35 Å². The van der Waals surface area contributed by atoms with Crippen molar-refractivity contribution in [2.75, 3.05) is 46.5 Å². The molecule has 0 fully saturated rings. The second-order valence-electron chi connectivity index (χ2n) is 5.34. The molecule has 0 aliphatic heterocycles. The number of carbonyl (C=O) groups excluding carboxylic acids is 1. The lowest BCUT2D eigenvalue weighted by Crippen LogP contribution is -2.43. The van der Waals surface area contributed by atoms with E-state index in [0.717, 1.165) is 13.0 Å². The highest BCUT2D eigenvalue weighted by molar-refractivity contribution is 7.85. The lowest BCUT2D eigenvalue weighted by atomic mass is 10.3. The van der Waals surface area contributed by atoms with Crippen molar-refractivity contribution in [3.05, 3.63) is 12.7 Å². The van der Waals surface area contributed by atoms with E-state index in [4.69, 9.17) is 4.55 Å². The summed E-state index contributed by atoms with van der Waals surface area (Å²) in [5.74, 6) is -0.305. The summed E-state index contributed by atoms with van der Waals surface area (Å²) < 4.78 is 30.6. The van der Waals surface area contributed by atoms with E-state index in [2.05, 4.69) is 6.58 Å². The van der Waals surface area contributed by atoms with Gasteiger partial charge in [-0.05, 0) is 6.08 Å². The molecular weight excluding hydrogens is 284 g/mol. The summed E-state index contributed by atoms with van der Waals surface area (Å²) in [6, 6.07) is 0. The molecule has 8 heteroatoms. The standard InChI is InChI=1S/C12H24N2O4S.H2O/c1-5-12(15)13(2)8-6-9-14(3,4)10-7-11-19(16,17)18;/h5H,1,6-11H2,2-4H3;1H2. The van der Waals surface area contributed by atoms with E-state index in [1.807, 2.05) is 14.1 Å². The van der Waals surface area contributed by atoms with Gasteiger partial charge < -0.3 is 14.9 Å². The van der Waals surface area contributed by atoms with E-state index >= 15 is 0 Å². The van der Waals surface area contributed by atoms with Crippen LogP contribution in [0.3, 0.4) is 0 Å². The van der Waals surface area contributed by atoms with Crippen molar-refractivity contribution in [1.82, 2.24) is 4.90 Å². The van der Waals surface area contributed by atoms with E-state index in [-0.39, 0.29) is 17.1 Å². The third-order valence-corrected chi connectivity index (χ3v) is 3.78. The maximum atomic E-state index is 11.3. The number of hydrogen-bond donors (Lipinski definition) is 1. The fourth-order valence-corrected chi connectivity index (χ4v) is 2.28. The van der Waals surface area contributed by atoms with Crippen LogP contribution < -0.4 is 0 Å². The Balaban J connectivity index is 0. The van der Waals surface area contributed by atoms with E-state index in [9.17, 15) is 13.2 Å². The molecule has 0 heterocycles. The zero-order chi connectivity index (χ0) is 15.1. The summed E-state index contributed by atoms with van der Waals surface area (Å²) in [5.41, 5.74) is 0. The molecule has 0 saturated heterocycles. The Bertz CT molecular complexity index is 406. The Kier molecular flexibility index (Phi) is 9.67. The Morgan fingerprint density at radius 3 is 2.25 bits per heavy atom. The molecule has 0 spiro atoms. The lowest BCUT2D eigenvalue weighted by molar-refractivity contribution is -0.890. The molecule has 0 aromatic carbocycles. The van der Waals surface area contributed by atoms with Crippen molar-refractivity contribution in [3.8, 4) is 0 Å². The topological polar surface area (TPSA) is 105 Å². The number of likely N-dealkylation sites (N-methyl/N-ethyl adjacent to an activating group) is 1. The molecule has 7 nitrogen and oxygen atoms in total. The van der Waals surface area contributed by atoms with Gasteiger partial charge in [0.05, 0.1) is 32.9 Å². The van der Waals surface area contributed by atoms with Crippen LogP contribution in [0, 0.1) is 0 Å². The number of amides is 1. The first-order valence-electron chi connectivity index (χ1n) is 6.22. The van der Waals surface area contributed by atoms with Crippen molar-refractivity contribution >= 4 is 16.0 Å². The van der Waals surface area contributed by atoms with Gasteiger partial charge in [-0.25, -0.2) is 0 Å². The summed E-state index contributed by atoms with van der Waals surface area (Å²) in [7, 11) is 1.85. The zero-order valence-electron chi connectivity index (χ0n) is 12.4. The van der Waals surface area contributed by atoms with Gasteiger partial charge in [0.25, 0.3) is 10.1 Å². The quantitative estimate of drug-likeness (QED) is 0.372. The van der Waals surface area contributed by atoms with Crippen molar-refractivity contribution in [2.24, 2.45) is 0 Å². The predicted molar refractivity (Wildman–Crippen MR) is 77.3 cm³/mol. The Morgan fingerprint density at radius 2 is 1.80 bits per heavy atom. The van der Waals surface area contributed by atoms with Crippen molar-refractivity contribution < 1.29 is 27.7 Å². The van der Waals surface area contributed by atoms with Gasteiger partial charge in [0.15, 0.2) is 0 Å². The molecule has 0 bridgehead atoms. The van der Waals surface area contributed by atoms with Crippen molar-refractivity contribution in [3.63, 3.8) is 0 Å². The highest BCUT2D eigenvalue weighted by Crippen LogP contribution is 2.03. The molecule has 0 saturated carbocycles. The molecule has 0 atom stereocenters. The minimum absolute atomic E-state index is 0.